The van der Waals surface area contributed by atoms with Crippen molar-refractivity contribution in [3.8, 4) is 0 Å². The highest BCUT2D eigenvalue weighted by Crippen LogP contribution is 2.29. The van der Waals surface area contributed by atoms with Gasteiger partial charge >= 0.3 is 0 Å². The molecule has 0 bridgehead atoms. The van der Waals surface area contributed by atoms with Gasteiger partial charge in [0.25, 0.3) is 0 Å². The Labute approximate surface area is 113 Å². The van der Waals surface area contributed by atoms with Crippen LogP contribution in [0, 0.1) is 5.82 Å². The van der Waals surface area contributed by atoms with Gasteiger partial charge in [0, 0.05) is 19.0 Å². The number of hydrogen-bond acceptors (Lipinski definition) is 2. The molecule has 1 aromatic rings. The fraction of sp³-hybridized carbons (Fsp3) is 0.533. The van der Waals surface area contributed by atoms with E-state index in [0.29, 0.717) is 19.0 Å². The number of carbonyl (C=O) groups excluding carboxylic acids is 1. The first-order chi connectivity index (χ1) is 9.11. The Bertz CT molecular complexity index is 428. The van der Waals surface area contributed by atoms with Crippen LogP contribution in [0.3, 0.4) is 0 Å². The van der Waals surface area contributed by atoms with E-state index < -0.39 is 0 Å². The highest BCUT2D eigenvalue weighted by atomic mass is 19.1. The van der Waals surface area contributed by atoms with Crippen LogP contribution in [0.4, 0.5) is 4.39 Å². The molecule has 0 aliphatic heterocycles. The molecule has 1 unspecified atom stereocenters. The normalized spacial score (nSPS) is 16.2. The molecule has 1 aromatic carbocycles. The summed E-state index contributed by atoms with van der Waals surface area (Å²) in [7, 11) is 0. The Morgan fingerprint density at radius 1 is 1.42 bits per heavy atom. The van der Waals surface area contributed by atoms with E-state index in [2.05, 4.69) is 0 Å². The van der Waals surface area contributed by atoms with Gasteiger partial charge in [-0.2, -0.15) is 0 Å². The fourth-order valence-corrected chi connectivity index (χ4v) is 2.29. The molecular formula is C15H20FNO2. The summed E-state index contributed by atoms with van der Waals surface area (Å²) in [5, 5.41) is 9.01. The van der Waals surface area contributed by atoms with Crippen molar-refractivity contribution < 1.29 is 14.3 Å². The zero-order chi connectivity index (χ0) is 13.8. The first-order valence-corrected chi connectivity index (χ1v) is 6.77. The zero-order valence-electron chi connectivity index (χ0n) is 11.2. The van der Waals surface area contributed by atoms with Gasteiger partial charge in [-0.25, -0.2) is 4.39 Å². The van der Waals surface area contributed by atoms with Crippen LogP contribution < -0.4 is 0 Å². The predicted octanol–water partition coefficient (Wildman–Crippen LogP) is 2.30. The van der Waals surface area contributed by atoms with E-state index in [1.54, 1.807) is 17.0 Å². The minimum atomic E-state index is -0.262. The summed E-state index contributed by atoms with van der Waals surface area (Å²) in [5.41, 5.74) is 0.967. The van der Waals surface area contributed by atoms with Crippen molar-refractivity contribution in [1.29, 1.82) is 0 Å². The summed E-state index contributed by atoms with van der Waals surface area (Å²) in [4.78, 5) is 14.0. The standard InChI is InChI=1S/C15H20FNO2/c1-11(12-2-4-13(16)5-3-12)10-15(19)17(8-9-18)14-6-7-14/h2-5,11,14,18H,6-10H2,1H3. The van der Waals surface area contributed by atoms with Gasteiger partial charge in [-0.15, -0.1) is 0 Å². The second kappa shape index (κ2) is 6.15. The molecule has 0 spiro atoms. The van der Waals surface area contributed by atoms with E-state index in [-0.39, 0.29) is 24.2 Å². The van der Waals surface area contributed by atoms with Crippen LogP contribution in [0.1, 0.15) is 37.7 Å². The molecule has 1 aliphatic rings. The van der Waals surface area contributed by atoms with E-state index in [9.17, 15) is 9.18 Å². The van der Waals surface area contributed by atoms with Crippen molar-refractivity contribution in [1.82, 2.24) is 4.90 Å². The van der Waals surface area contributed by atoms with Gasteiger partial charge in [-0.3, -0.25) is 4.79 Å². The number of aliphatic hydroxyl groups is 1. The number of rotatable bonds is 6. The molecule has 1 N–H and O–H groups in total. The molecule has 0 aromatic heterocycles. The van der Waals surface area contributed by atoms with Gasteiger partial charge in [0.05, 0.1) is 6.61 Å². The van der Waals surface area contributed by atoms with Crippen molar-refractivity contribution in [2.75, 3.05) is 13.2 Å². The van der Waals surface area contributed by atoms with Gasteiger partial charge < -0.3 is 10.0 Å². The average molecular weight is 265 g/mol. The number of hydrogen-bond donors (Lipinski definition) is 1. The topological polar surface area (TPSA) is 40.5 Å². The Morgan fingerprint density at radius 3 is 2.58 bits per heavy atom. The molecule has 2 rings (SSSR count). The van der Waals surface area contributed by atoms with E-state index in [1.165, 1.54) is 12.1 Å². The maximum atomic E-state index is 12.9. The number of nitrogens with zero attached hydrogens (tertiary/aromatic N) is 1. The third kappa shape index (κ3) is 3.77. The Hall–Kier alpha value is -1.42. The van der Waals surface area contributed by atoms with Crippen molar-refractivity contribution in [3.05, 3.63) is 35.6 Å². The van der Waals surface area contributed by atoms with Gasteiger partial charge in [0.15, 0.2) is 0 Å². The maximum Gasteiger partial charge on any atom is 0.223 e. The Morgan fingerprint density at radius 2 is 2.05 bits per heavy atom. The lowest BCUT2D eigenvalue weighted by molar-refractivity contribution is -0.132. The van der Waals surface area contributed by atoms with Crippen LogP contribution in [0.2, 0.25) is 0 Å². The van der Waals surface area contributed by atoms with E-state index in [1.807, 2.05) is 6.92 Å². The molecule has 1 fully saturated rings. The van der Waals surface area contributed by atoms with Crippen LogP contribution in [-0.2, 0) is 4.79 Å². The quantitative estimate of drug-likeness (QED) is 0.857. The van der Waals surface area contributed by atoms with E-state index in [4.69, 9.17) is 5.11 Å². The molecule has 3 nitrogen and oxygen atoms in total. The molecule has 1 aliphatic carbocycles. The molecule has 1 amide bonds. The number of benzene rings is 1. The molecule has 0 radical (unpaired) electrons. The summed E-state index contributed by atoms with van der Waals surface area (Å²) < 4.78 is 12.9. The van der Waals surface area contributed by atoms with Crippen molar-refractivity contribution in [2.24, 2.45) is 0 Å². The van der Waals surface area contributed by atoms with Gasteiger partial charge in [0.1, 0.15) is 5.82 Å². The number of aliphatic hydroxyl groups excluding tert-OH is 1. The smallest absolute Gasteiger partial charge is 0.223 e. The van der Waals surface area contributed by atoms with Crippen molar-refractivity contribution >= 4 is 5.91 Å². The number of halogens is 1. The van der Waals surface area contributed by atoms with E-state index >= 15 is 0 Å². The summed E-state index contributed by atoms with van der Waals surface area (Å²) in [6.07, 6.45) is 2.48. The largest absolute Gasteiger partial charge is 0.395 e. The molecule has 104 valence electrons. The Balaban J connectivity index is 1.95. The van der Waals surface area contributed by atoms with Crippen LogP contribution in [-0.4, -0.2) is 35.1 Å². The molecule has 19 heavy (non-hydrogen) atoms. The van der Waals surface area contributed by atoms with E-state index in [0.717, 1.165) is 18.4 Å². The third-order valence-electron chi connectivity index (χ3n) is 3.57. The van der Waals surface area contributed by atoms with Gasteiger partial charge in [-0.05, 0) is 36.5 Å². The highest BCUT2D eigenvalue weighted by Gasteiger charge is 2.32. The molecule has 1 atom stereocenters. The molecule has 0 saturated heterocycles. The second-order valence-electron chi connectivity index (χ2n) is 5.20. The first-order valence-electron chi connectivity index (χ1n) is 6.77. The number of amides is 1. The minimum Gasteiger partial charge on any atom is -0.395 e. The van der Waals surface area contributed by atoms with Gasteiger partial charge in [0.2, 0.25) is 5.91 Å². The maximum absolute atomic E-state index is 12.9. The van der Waals surface area contributed by atoms with Crippen LogP contribution >= 0.6 is 0 Å². The summed E-state index contributed by atoms with van der Waals surface area (Å²) >= 11 is 0. The molecular weight excluding hydrogens is 245 g/mol. The lowest BCUT2D eigenvalue weighted by Gasteiger charge is -2.23. The lowest BCUT2D eigenvalue weighted by atomic mass is 9.97. The predicted molar refractivity (Wildman–Crippen MR) is 71.3 cm³/mol. The lowest BCUT2D eigenvalue weighted by Crippen LogP contribution is -2.36. The summed E-state index contributed by atoms with van der Waals surface area (Å²) in [6, 6.07) is 6.60. The summed E-state index contributed by atoms with van der Waals surface area (Å²) in [6.45, 7) is 2.39. The first kappa shape index (κ1) is 14.0. The zero-order valence-corrected chi connectivity index (χ0v) is 11.2. The van der Waals surface area contributed by atoms with Crippen LogP contribution in [0.15, 0.2) is 24.3 Å². The third-order valence-corrected chi connectivity index (χ3v) is 3.57. The molecule has 1 saturated carbocycles. The molecule has 4 heteroatoms. The number of carbonyl (C=O) groups is 1. The second-order valence-corrected chi connectivity index (χ2v) is 5.20. The minimum absolute atomic E-state index is 0.00711. The van der Waals surface area contributed by atoms with Crippen LogP contribution in [0.25, 0.3) is 0 Å². The van der Waals surface area contributed by atoms with Crippen molar-refractivity contribution in [2.45, 2.75) is 38.1 Å². The molecule has 0 heterocycles. The highest BCUT2D eigenvalue weighted by molar-refractivity contribution is 5.77. The van der Waals surface area contributed by atoms with Crippen molar-refractivity contribution in [3.63, 3.8) is 0 Å². The fourth-order valence-electron chi connectivity index (χ4n) is 2.29. The monoisotopic (exact) mass is 265 g/mol. The average Bonchev–Trinajstić information content (AvgIpc) is 3.20. The van der Waals surface area contributed by atoms with Crippen LogP contribution in [0.5, 0.6) is 0 Å². The van der Waals surface area contributed by atoms with Gasteiger partial charge in [-0.1, -0.05) is 19.1 Å². The SMILES string of the molecule is CC(CC(=O)N(CCO)C1CC1)c1ccc(F)cc1. The summed E-state index contributed by atoms with van der Waals surface area (Å²) in [5.74, 6) is -0.122. The Kier molecular flexibility index (Phi) is 4.53.